The van der Waals surface area contributed by atoms with Crippen LogP contribution in [0.2, 0.25) is 0 Å². The molecule has 1 unspecified atom stereocenters. The predicted octanol–water partition coefficient (Wildman–Crippen LogP) is 3.83. The number of aromatic nitrogens is 1. The maximum Gasteiger partial charge on any atom is 0.418 e. The predicted molar refractivity (Wildman–Crippen MR) is 74.8 cm³/mol. The molecule has 110 valence electrons. The van der Waals surface area contributed by atoms with E-state index in [9.17, 15) is 13.2 Å². The monoisotopic (exact) mass is 284 g/mol. The molecule has 0 bridgehead atoms. The van der Waals surface area contributed by atoms with Gasteiger partial charge in [-0.05, 0) is 38.9 Å². The number of halogens is 3. The van der Waals surface area contributed by atoms with Gasteiger partial charge < -0.3 is 9.88 Å². The first kappa shape index (κ1) is 14.9. The zero-order valence-corrected chi connectivity index (χ0v) is 11.9. The number of nitrogens with one attached hydrogen (secondary N) is 1. The lowest BCUT2D eigenvalue weighted by Gasteiger charge is -2.11. The maximum atomic E-state index is 13.1. The Hall–Kier alpha value is -1.49. The van der Waals surface area contributed by atoms with E-state index in [2.05, 4.69) is 5.32 Å². The van der Waals surface area contributed by atoms with Gasteiger partial charge in [-0.25, -0.2) is 0 Å². The van der Waals surface area contributed by atoms with Crippen molar-refractivity contribution in [2.75, 3.05) is 7.05 Å². The molecule has 0 radical (unpaired) electrons. The Morgan fingerprint density at radius 1 is 1.30 bits per heavy atom. The average Bonchev–Trinajstić information content (AvgIpc) is 2.75. The number of benzene rings is 1. The topological polar surface area (TPSA) is 17.0 Å². The minimum absolute atomic E-state index is 0.223. The minimum Gasteiger partial charge on any atom is -0.347 e. The molecule has 0 aliphatic heterocycles. The van der Waals surface area contributed by atoms with Crippen LogP contribution in [0.1, 0.15) is 25.0 Å². The first-order chi connectivity index (χ1) is 9.38. The summed E-state index contributed by atoms with van der Waals surface area (Å²) < 4.78 is 41.1. The number of aryl methyl sites for hydroxylation is 1. The zero-order valence-electron chi connectivity index (χ0n) is 11.9. The van der Waals surface area contributed by atoms with Crippen molar-refractivity contribution >= 4 is 10.9 Å². The fraction of sp³-hybridized carbons (Fsp3) is 0.467. The molecule has 2 aromatic rings. The lowest BCUT2D eigenvalue weighted by Crippen LogP contribution is -2.23. The van der Waals surface area contributed by atoms with Crippen LogP contribution in [0.25, 0.3) is 10.9 Å². The van der Waals surface area contributed by atoms with E-state index < -0.39 is 11.7 Å². The fourth-order valence-electron chi connectivity index (χ4n) is 2.51. The standard InChI is InChI=1S/C15H19F3N2/c1-4-20-9-11(8-10(2)19-3)12-6-5-7-13(14(12)20)15(16,17)18/h5-7,9-10,19H,4,8H2,1-3H3. The third kappa shape index (κ3) is 2.68. The van der Waals surface area contributed by atoms with Gasteiger partial charge in [-0.2, -0.15) is 13.2 Å². The van der Waals surface area contributed by atoms with Crippen molar-refractivity contribution in [2.24, 2.45) is 0 Å². The highest BCUT2D eigenvalue weighted by Gasteiger charge is 2.34. The average molecular weight is 284 g/mol. The van der Waals surface area contributed by atoms with E-state index in [4.69, 9.17) is 0 Å². The van der Waals surface area contributed by atoms with Crippen molar-refractivity contribution < 1.29 is 13.2 Å². The normalized spacial score (nSPS) is 13.9. The highest BCUT2D eigenvalue weighted by atomic mass is 19.4. The van der Waals surface area contributed by atoms with Gasteiger partial charge in [-0.1, -0.05) is 12.1 Å². The van der Waals surface area contributed by atoms with Crippen LogP contribution < -0.4 is 5.32 Å². The minimum atomic E-state index is -4.32. The van der Waals surface area contributed by atoms with Crippen LogP contribution >= 0.6 is 0 Å². The molecular formula is C15H19F3N2. The molecule has 0 aliphatic carbocycles. The molecule has 0 amide bonds. The van der Waals surface area contributed by atoms with E-state index >= 15 is 0 Å². The van der Waals surface area contributed by atoms with Crippen LogP contribution in [-0.4, -0.2) is 17.7 Å². The molecule has 20 heavy (non-hydrogen) atoms. The summed E-state index contributed by atoms with van der Waals surface area (Å²) in [6, 6.07) is 4.63. The molecule has 1 atom stereocenters. The largest absolute Gasteiger partial charge is 0.418 e. The Bertz CT molecular complexity index is 599. The second-order valence-corrected chi connectivity index (χ2v) is 5.03. The number of para-hydroxylation sites is 1. The molecule has 2 rings (SSSR count). The smallest absolute Gasteiger partial charge is 0.347 e. The molecule has 5 heteroatoms. The third-order valence-electron chi connectivity index (χ3n) is 3.65. The van der Waals surface area contributed by atoms with E-state index in [1.807, 2.05) is 27.1 Å². The summed E-state index contributed by atoms with van der Waals surface area (Å²) in [6.45, 7) is 4.40. The van der Waals surface area contributed by atoms with E-state index in [0.717, 1.165) is 11.6 Å². The van der Waals surface area contributed by atoms with Gasteiger partial charge in [0.1, 0.15) is 0 Å². The molecule has 2 nitrogen and oxygen atoms in total. The van der Waals surface area contributed by atoms with Crippen LogP contribution in [0.3, 0.4) is 0 Å². The van der Waals surface area contributed by atoms with Gasteiger partial charge >= 0.3 is 6.18 Å². The molecule has 0 spiro atoms. The van der Waals surface area contributed by atoms with E-state index in [1.165, 1.54) is 6.07 Å². The second-order valence-electron chi connectivity index (χ2n) is 5.03. The Balaban J connectivity index is 2.64. The van der Waals surface area contributed by atoms with E-state index in [-0.39, 0.29) is 6.04 Å². The molecule has 0 fully saturated rings. The molecule has 0 saturated heterocycles. The van der Waals surface area contributed by atoms with Crippen molar-refractivity contribution in [2.45, 2.75) is 39.0 Å². The fourth-order valence-corrected chi connectivity index (χ4v) is 2.51. The molecule has 0 aliphatic rings. The summed E-state index contributed by atoms with van der Waals surface area (Å²) in [4.78, 5) is 0. The van der Waals surface area contributed by atoms with Crippen LogP contribution in [0.15, 0.2) is 24.4 Å². The first-order valence-electron chi connectivity index (χ1n) is 6.73. The maximum absolute atomic E-state index is 13.1. The van der Waals surface area contributed by atoms with Gasteiger partial charge in [0.2, 0.25) is 0 Å². The molecule has 1 aromatic heterocycles. The van der Waals surface area contributed by atoms with Crippen LogP contribution in [0, 0.1) is 0 Å². The SMILES string of the molecule is CCn1cc(CC(C)NC)c2cccc(C(F)(F)F)c21. The van der Waals surface area contributed by atoms with Crippen molar-refractivity contribution in [1.82, 2.24) is 9.88 Å². The highest BCUT2D eigenvalue weighted by Crippen LogP contribution is 2.36. The lowest BCUT2D eigenvalue weighted by atomic mass is 10.0. The summed E-state index contributed by atoms with van der Waals surface area (Å²) in [7, 11) is 1.85. The van der Waals surface area contributed by atoms with Crippen LogP contribution in [0.5, 0.6) is 0 Å². The van der Waals surface area contributed by atoms with Gasteiger partial charge in [-0.3, -0.25) is 0 Å². The molecule has 1 N–H and O–H groups in total. The molecular weight excluding hydrogens is 265 g/mol. The number of hydrogen-bond donors (Lipinski definition) is 1. The Morgan fingerprint density at radius 2 is 2.00 bits per heavy atom. The number of likely N-dealkylation sites (N-methyl/N-ethyl adjacent to an activating group) is 1. The number of alkyl halides is 3. The van der Waals surface area contributed by atoms with Crippen LogP contribution in [0.4, 0.5) is 13.2 Å². The Labute approximate surface area is 116 Å². The van der Waals surface area contributed by atoms with E-state index in [0.29, 0.717) is 23.9 Å². The van der Waals surface area contributed by atoms with E-state index in [1.54, 1.807) is 10.6 Å². The third-order valence-corrected chi connectivity index (χ3v) is 3.65. The van der Waals surface area contributed by atoms with Gasteiger partial charge in [0, 0.05) is 24.2 Å². The lowest BCUT2D eigenvalue weighted by molar-refractivity contribution is -0.136. The number of rotatable bonds is 4. The van der Waals surface area contributed by atoms with Crippen molar-refractivity contribution in [3.8, 4) is 0 Å². The van der Waals surface area contributed by atoms with Gasteiger partial charge in [0.25, 0.3) is 0 Å². The van der Waals surface area contributed by atoms with Crippen molar-refractivity contribution in [1.29, 1.82) is 0 Å². The Morgan fingerprint density at radius 3 is 2.55 bits per heavy atom. The summed E-state index contributed by atoms with van der Waals surface area (Å²) in [5, 5.41) is 3.82. The summed E-state index contributed by atoms with van der Waals surface area (Å²) in [5.74, 6) is 0. The van der Waals surface area contributed by atoms with Gasteiger partial charge in [0.15, 0.2) is 0 Å². The summed E-state index contributed by atoms with van der Waals surface area (Å²) in [6.07, 6.45) is -1.77. The number of hydrogen-bond acceptors (Lipinski definition) is 1. The Kier molecular flexibility index (Phi) is 4.09. The molecule has 0 saturated carbocycles. The molecule has 1 heterocycles. The van der Waals surface area contributed by atoms with Crippen LogP contribution in [-0.2, 0) is 19.1 Å². The first-order valence-corrected chi connectivity index (χ1v) is 6.73. The summed E-state index contributed by atoms with van der Waals surface area (Å²) in [5.41, 5.74) is 0.691. The number of nitrogens with zero attached hydrogens (tertiary/aromatic N) is 1. The number of fused-ring (bicyclic) bond motifs is 1. The molecule has 1 aromatic carbocycles. The second kappa shape index (κ2) is 5.48. The summed E-state index contributed by atoms with van der Waals surface area (Å²) >= 11 is 0. The van der Waals surface area contributed by atoms with Gasteiger partial charge in [0.05, 0.1) is 11.1 Å². The highest BCUT2D eigenvalue weighted by molar-refractivity contribution is 5.87. The quantitative estimate of drug-likeness (QED) is 0.903. The van der Waals surface area contributed by atoms with Crippen molar-refractivity contribution in [3.63, 3.8) is 0 Å². The zero-order chi connectivity index (χ0) is 14.9. The van der Waals surface area contributed by atoms with Crippen molar-refractivity contribution in [3.05, 3.63) is 35.5 Å². The van der Waals surface area contributed by atoms with Gasteiger partial charge in [-0.15, -0.1) is 0 Å².